The average Bonchev–Trinajstić information content (AvgIpc) is 2.81. The fourth-order valence-corrected chi connectivity index (χ4v) is 4.25. The lowest BCUT2D eigenvalue weighted by Gasteiger charge is -2.15. The second-order valence-corrected chi connectivity index (χ2v) is 8.16. The van der Waals surface area contributed by atoms with E-state index in [1.165, 1.54) is 44.5 Å². The number of aliphatic hydroxyl groups excluding tert-OH is 1. The molecule has 1 nitrogen and oxygen atoms in total. The molecule has 0 bridgehead atoms. The smallest absolute Gasteiger partial charge is 0.0431 e. The molecule has 0 atom stereocenters. The third-order valence-electron chi connectivity index (χ3n) is 6.14. The summed E-state index contributed by atoms with van der Waals surface area (Å²) in [5, 5.41) is 8.97. The maximum atomic E-state index is 8.97. The molecular formula is C29H36O. The first kappa shape index (κ1) is 22.3. The highest BCUT2D eigenvalue weighted by Gasteiger charge is 2.10. The van der Waals surface area contributed by atoms with Gasteiger partial charge in [0.25, 0.3) is 0 Å². The van der Waals surface area contributed by atoms with Crippen molar-refractivity contribution in [3.05, 3.63) is 82.9 Å². The highest BCUT2D eigenvalue weighted by atomic mass is 16.2. The number of aliphatic hydroxyl groups is 1. The molecule has 1 heteroatoms. The van der Waals surface area contributed by atoms with Gasteiger partial charge in [-0.2, -0.15) is 0 Å². The van der Waals surface area contributed by atoms with Gasteiger partial charge in [-0.3, -0.25) is 0 Å². The van der Waals surface area contributed by atoms with E-state index in [-0.39, 0.29) is 0 Å². The van der Waals surface area contributed by atoms with E-state index in [4.69, 9.17) is 5.11 Å². The molecule has 0 aromatic heterocycles. The number of aryl methyl sites for hydroxylation is 4. The SMILES string of the molecule is CCc1ccc(-c2ccc(-c3ccc(CCCCCO)cc3CC)cc2CC)cc1. The Morgan fingerprint density at radius 3 is 1.83 bits per heavy atom. The molecule has 0 aliphatic rings. The van der Waals surface area contributed by atoms with Crippen LogP contribution in [0.2, 0.25) is 0 Å². The first-order chi connectivity index (χ1) is 14.7. The van der Waals surface area contributed by atoms with Gasteiger partial charge in [0.05, 0.1) is 0 Å². The molecule has 3 aromatic carbocycles. The van der Waals surface area contributed by atoms with Crippen LogP contribution in [-0.4, -0.2) is 11.7 Å². The quantitative estimate of drug-likeness (QED) is 0.351. The zero-order chi connectivity index (χ0) is 21.3. The maximum absolute atomic E-state index is 8.97. The minimum atomic E-state index is 0.303. The lowest BCUT2D eigenvalue weighted by Crippen LogP contribution is -1.95. The van der Waals surface area contributed by atoms with E-state index in [1.807, 2.05) is 0 Å². The van der Waals surface area contributed by atoms with Gasteiger partial charge in [0.1, 0.15) is 0 Å². The Labute approximate surface area is 182 Å². The first-order valence-corrected chi connectivity index (χ1v) is 11.6. The van der Waals surface area contributed by atoms with E-state index >= 15 is 0 Å². The lowest BCUT2D eigenvalue weighted by atomic mass is 9.90. The Balaban J connectivity index is 1.87. The van der Waals surface area contributed by atoms with Crippen molar-refractivity contribution in [2.45, 2.75) is 65.7 Å². The van der Waals surface area contributed by atoms with Crippen LogP contribution in [0.1, 0.15) is 62.3 Å². The van der Waals surface area contributed by atoms with Crippen molar-refractivity contribution < 1.29 is 5.11 Å². The minimum absolute atomic E-state index is 0.303. The van der Waals surface area contributed by atoms with Crippen LogP contribution in [0.5, 0.6) is 0 Å². The number of benzene rings is 3. The molecule has 0 aliphatic heterocycles. The number of rotatable bonds is 10. The molecule has 0 aliphatic carbocycles. The lowest BCUT2D eigenvalue weighted by molar-refractivity contribution is 0.283. The molecule has 0 saturated heterocycles. The van der Waals surface area contributed by atoms with Crippen LogP contribution >= 0.6 is 0 Å². The van der Waals surface area contributed by atoms with Crippen molar-refractivity contribution in [2.24, 2.45) is 0 Å². The molecule has 0 heterocycles. The number of unbranched alkanes of at least 4 members (excludes halogenated alkanes) is 2. The van der Waals surface area contributed by atoms with Crippen molar-refractivity contribution in [2.75, 3.05) is 6.61 Å². The summed E-state index contributed by atoms with van der Waals surface area (Å²) in [6, 6.07) is 23.0. The summed E-state index contributed by atoms with van der Waals surface area (Å²) in [5.74, 6) is 0. The number of hydrogen-bond donors (Lipinski definition) is 1. The predicted octanol–water partition coefficient (Wildman–Crippen LogP) is 7.41. The highest BCUT2D eigenvalue weighted by molar-refractivity contribution is 5.75. The summed E-state index contributed by atoms with van der Waals surface area (Å²) in [6.07, 6.45) is 7.41. The molecule has 3 aromatic rings. The van der Waals surface area contributed by atoms with Crippen molar-refractivity contribution in [3.63, 3.8) is 0 Å². The van der Waals surface area contributed by atoms with Gasteiger partial charge in [0, 0.05) is 6.61 Å². The summed E-state index contributed by atoms with van der Waals surface area (Å²) >= 11 is 0. The second kappa shape index (κ2) is 11.1. The van der Waals surface area contributed by atoms with Crippen LogP contribution in [0, 0.1) is 0 Å². The van der Waals surface area contributed by atoms with Gasteiger partial charge in [-0.1, -0.05) is 87.9 Å². The van der Waals surface area contributed by atoms with Crippen LogP contribution in [0.3, 0.4) is 0 Å². The fraction of sp³-hybridized carbons (Fsp3) is 0.379. The van der Waals surface area contributed by atoms with Gasteiger partial charge < -0.3 is 5.11 Å². The molecule has 0 radical (unpaired) electrons. The molecule has 1 N–H and O–H groups in total. The van der Waals surface area contributed by atoms with E-state index in [0.29, 0.717) is 6.61 Å². The molecular weight excluding hydrogens is 364 g/mol. The van der Waals surface area contributed by atoms with E-state index in [1.54, 1.807) is 0 Å². The Morgan fingerprint density at radius 1 is 0.567 bits per heavy atom. The Bertz CT molecular complexity index is 937. The average molecular weight is 401 g/mol. The molecule has 30 heavy (non-hydrogen) atoms. The molecule has 158 valence electrons. The highest BCUT2D eigenvalue weighted by Crippen LogP contribution is 2.32. The monoisotopic (exact) mass is 400 g/mol. The van der Waals surface area contributed by atoms with Crippen LogP contribution in [0.15, 0.2) is 60.7 Å². The molecule has 0 unspecified atom stereocenters. The van der Waals surface area contributed by atoms with Crippen molar-refractivity contribution in [1.82, 2.24) is 0 Å². The topological polar surface area (TPSA) is 20.2 Å². The zero-order valence-electron chi connectivity index (χ0n) is 18.9. The summed E-state index contributed by atoms with van der Waals surface area (Å²) in [7, 11) is 0. The molecule has 0 spiro atoms. The normalized spacial score (nSPS) is 11.1. The standard InChI is InChI=1S/C29H36O/c1-4-22-11-14-26(15-12-22)28-18-16-27(21-25(28)6-3)29-17-13-23(20-24(29)5-2)10-8-7-9-19-30/h11-18,20-21,30H,4-10,19H2,1-3H3. The largest absolute Gasteiger partial charge is 0.396 e. The van der Waals surface area contributed by atoms with E-state index in [2.05, 4.69) is 81.4 Å². The minimum Gasteiger partial charge on any atom is -0.396 e. The third-order valence-corrected chi connectivity index (χ3v) is 6.14. The molecule has 0 saturated carbocycles. The zero-order valence-corrected chi connectivity index (χ0v) is 18.9. The van der Waals surface area contributed by atoms with Crippen LogP contribution in [-0.2, 0) is 25.7 Å². The first-order valence-electron chi connectivity index (χ1n) is 11.6. The maximum Gasteiger partial charge on any atom is 0.0431 e. The molecule has 3 rings (SSSR count). The van der Waals surface area contributed by atoms with E-state index in [0.717, 1.165) is 44.9 Å². The van der Waals surface area contributed by atoms with Crippen molar-refractivity contribution >= 4 is 0 Å². The summed E-state index contributed by atoms with van der Waals surface area (Å²) in [5.41, 5.74) is 11.0. The van der Waals surface area contributed by atoms with Crippen molar-refractivity contribution in [1.29, 1.82) is 0 Å². The Kier molecular flexibility index (Phi) is 8.28. The third kappa shape index (κ3) is 5.40. The van der Waals surface area contributed by atoms with Gasteiger partial charge in [-0.15, -0.1) is 0 Å². The van der Waals surface area contributed by atoms with Crippen LogP contribution in [0.25, 0.3) is 22.3 Å². The molecule has 0 fully saturated rings. The Hall–Kier alpha value is -2.38. The van der Waals surface area contributed by atoms with Gasteiger partial charge in [0.2, 0.25) is 0 Å². The van der Waals surface area contributed by atoms with Crippen molar-refractivity contribution in [3.8, 4) is 22.3 Å². The van der Waals surface area contributed by atoms with Crippen LogP contribution in [0.4, 0.5) is 0 Å². The fourth-order valence-electron chi connectivity index (χ4n) is 4.25. The van der Waals surface area contributed by atoms with Gasteiger partial charge in [-0.25, -0.2) is 0 Å². The summed E-state index contributed by atoms with van der Waals surface area (Å²) in [6.45, 7) is 7.00. The summed E-state index contributed by atoms with van der Waals surface area (Å²) < 4.78 is 0. The van der Waals surface area contributed by atoms with E-state index < -0.39 is 0 Å². The van der Waals surface area contributed by atoms with Gasteiger partial charge in [-0.05, 0) is 83.0 Å². The number of hydrogen-bond acceptors (Lipinski definition) is 1. The summed E-state index contributed by atoms with van der Waals surface area (Å²) in [4.78, 5) is 0. The second-order valence-electron chi connectivity index (χ2n) is 8.16. The van der Waals surface area contributed by atoms with E-state index in [9.17, 15) is 0 Å². The molecule has 0 amide bonds. The predicted molar refractivity (Wildman–Crippen MR) is 130 cm³/mol. The van der Waals surface area contributed by atoms with Gasteiger partial charge >= 0.3 is 0 Å². The van der Waals surface area contributed by atoms with Crippen LogP contribution < -0.4 is 0 Å². The van der Waals surface area contributed by atoms with Gasteiger partial charge in [0.15, 0.2) is 0 Å². The Morgan fingerprint density at radius 2 is 1.17 bits per heavy atom.